The van der Waals surface area contributed by atoms with Gasteiger partial charge >= 0.3 is 5.97 Å². The normalized spacial score (nSPS) is 16.7. The number of aliphatic carboxylic acids is 1. The van der Waals surface area contributed by atoms with Gasteiger partial charge in [-0.25, -0.2) is 0 Å². The minimum atomic E-state index is -0.852. The molecule has 0 spiro atoms. The molecule has 2 rings (SSSR count). The molecule has 0 saturated carbocycles. The number of hydrogen-bond donors (Lipinski definition) is 2. The van der Waals surface area contributed by atoms with Crippen LogP contribution in [-0.2, 0) is 14.4 Å². The lowest BCUT2D eigenvalue weighted by molar-refractivity contribution is -0.138. The predicted molar refractivity (Wildman–Crippen MR) is 98.6 cm³/mol. The van der Waals surface area contributed by atoms with Crippen LogP contribution >= 0.6 is 11.8 Å². The molecule has 1 saturated heterocycles. The van der Waals surface area contributed by atoms with Gasteiger partial charge in [0.15, 0.2) is 0 Å². The molecule has 1 aliphatic heterocycles. The fourth-order valence-corrected chi connectivity index (χ4v) is 3.88. The molecule has 6 nitrogen and oxygen atoms in total. The molecule has 25 heavy (non-hydrogen) atoms. The second-order valence-corrected chi connectivity index (χ2v) is 7.22. The Kier molecular flexibility index (Phi) is 6.87. The Balaban J connectivity index is 1.93. The van der Waals surface area contributed by atoms with E-state index in [1.165, 1.54) is 0 Å². The van der Waals surface area contributed by atoms with Gasteiger partial charge in [-0.05, 0) is 43.9 Å². The van der Waals surface area contributed by atoms with E-state index in [9.17, 15) is 14.4 Å². The van der Waals surface area contributed by atoms with Crippen LogP contribution in [0.4, 0.5) is 5.69 Å². The zero-order valence-corrected chi connectivity index (χ0v) is 15.4. The molecule has 0 bridgehead atoms. The fraction of sp³-hybridized carbons (Fsp3) is 0.500. The van der Waals surface area contributed by atoms with Gasteiger partial charge < -0.3 is 15.3 Å². The summed E-state index contributed by atoms with van der Waals surface area (Å²) in [5.41, 5.74) is 2.90. The lowest BCUT2D eigenvalue weighted by Gasteiger charge is -2.23. The molecular formula is C18H24N2O4S. The van der Waals surface area contributed by atoms with E-state index >= 15 is 0 Å². The number of carboxylic acids is 1. The average Bonchev–Trinajstić information content (AvgIpc) is 3.05. The van der Waals surface area contributed by atoms with E-state index in [-0.39, 0.29) is 24.7 Å². The topological polar surface area (TPSA) is 86.7 Å². The number of nitrogens with one attached hydrogen (secondary N) is 1. The molecule has 0 aromatic heterocycles. The second-order valence-electron chi connectivity index (χ2n) is 6.22. The van der Waals surface area contributed by atoms with Crippen molar-refractivity contribution in [2.24, 2.45) is 0 Å². The number of aryl methyl sites for hydroxylation is 1. The van der Waals surface area contributed by atoms with Crippen LogP contribution in [0.15, 0.2) is 18.2 Å². The van der Waals surface area contributed by atoms with Gasteiger partial charge in [-0.3, -0.25) is 14.4 Å². The van der Waals surface area contributed by atoms with Crippen molar-refractivity contribution in [3.05, 3.63) is 29.3 Å². The van der Waals surface area contributed by atoms with Crippen molar-refractivity contribution in [3.63, 3.8) is 0 Å². The number of nitrogens with zero attached hydrogens (tertiary/aromatic N) is 1. The Morgan fingerprint density at radius 1 is 1.24 bits per heavy atom. The highest BCUT2D eigenvalue weighted by molar-refractivity contribution is 7.99. The lowest BCUT2D eigenvalue weighted by Crippen LogP contribution is -2.44. The van der Waals surface area contributed by atoms with Crippen LogP contribution in [-0.4, -0.2) is 45.5 Å². The van der Waals surface area contributed by atoms with Gasteiger partial charge in [0.25, 0.3) is 0 Å². The molecule has 1 fully saturated rings. The van der Waals surface area contributed by atoms with Crippen LogP contribution in [0.5, 0.6) is 0 Å². The van der Waals surface area contributed by atoms with E-state index in [0.717, 1.165) is 16.8 Å². The maximum Gasteiger partial charge on any atom is 0.303 e. The van der Waals surface area contributed by atoms with Gasteiger partial charge in [0.2, 0.25) is 11.8 Å². The Morgan fingerprint density at radius 2 is 1.96 bits per heavy atom. The Labute approximate surface area is 152 Å². The van der Waals surface area contributed by atoms with Crippen molar-refractivity contribution in [3.8, 4) is 0 Å². The number of anilines is 1. The Hall–Kier alpha value is -2.02. The van der Waals surface area contributed by atoms with Gasteiger partial charge in [-0.1, -0.05) is 12.1 Å². The number of thioether (sulfide) groups is 1. The van der Waals surface area contributed by atoms with Gasteiger partial charge in [0.1, 0.15) is 6.04 Å². The van der Waals surface area contributed by atoms with Crippen LogP contribution in [0, 0.1) is 13.8 Å². The number of carboxylic acid groups (broad SMARTS) is 1. The fourth-order valence-electron chi connectivity index (χ4n) is 2.70. The first-order valence-corrected chi connectivity index (χ1v) is 9.51. The van der Waals surface area contributed by atoms with Crippen LogP contribution in [0.25, 0.3) is 0 Å². The van der Waals surface area contributed by atoms with Crippen LogP contribution in [0.1, 0.15) is 36.8 Å². The molecule has 2 N–H and O–H groups in total. The SMILES string of the molecule is Cc1cccc(NC(=O)C2CSCN2C(=O)CCCCC(=O)O)c1C. The molecule has 2 amide bonds. The molecule has 136 valence electrons. The quantitative estimate of drug-likeness (QED) is 0.727. The summed E-state index contributed by atoms with van der Waals surface area (Å²) >= 11 is 1.56. The highest BCUT2D eigenvalue weighted by Gasteiger charge is 2.34. The number of hydrogen-bond acceptors (Lipinski definition) is 4. The number of benzene rings is 1. The van der Waals surface area contributed by atoms with E-state index in [0.29, 0.717) is 24.5 Å². The first-order chi connectivity index (χ1) is 11.9. The molecule has 1 aromatic rings. The molecular weight excluding hydrogens is 340 g/mol. The molecule has 0 aliphatic carbocycles. The summed E-state index contributed by atoms with van der Waals surface area (Å²) < 4.78 is 0. The maximum atomic E-state index is 12.6. The molecule has 1 unspecified atom stereocenters. The average molecular weight is 364 g/mol. The molecule has 7 heteroatoms. The number of amides is 2. The summed E-state index contributed by atoms with van der Waals surface area (Å²) in [7, 11) is 0. The standard InChI is InChI=1S/C18H24N2O4S/c1-12-6-5-7-14(13(12)2)19-18(24)15-10-25-11-20(15)16(21)8-3-4-9-17(22)23/h5-7,15H,3-4,8-11H2,1-2H3,(H,19,24)(H,22,23). The van der Waals surface area contributed by atoms with Crippen molar-refractivity contribution >= 4 is 35.2 Å². The highest BCUT2D eigenvalue weighted by Crippen LogP contribution is 2.25. The zero-order chi connectivity index (χ0) is 18.4. The summed E-state index contributed by atoms with van der Waals surface area (Å²) in [6.45, 7) is 3.95. The van der Waals surface area contributed by atoms with Crippen LogP contribution in [0.3, 0.4) is 0 Å². The predicted octanol–water partition coefficient (Wildman–Crippen LogP) is 2.79. The molecule has 1 aliphatic rings. The van der Waals surface area contributed by atoms with E-state index in [4.69, 9.17) is 5.11 Å². The van der Waals surface area contributed by atoms with Crippen LogP contribution in [0.2, 0.25) is 0 Å². The number of unbranched alkanes of at least 4 members (excludes halogenated alkanes) is 1. The second kappa shape index (κ2) is 8.89. The molecule has 1 heterocycles. The first kappa shape index (κ1) is 19.3. The number of carbonyl (C=O) groups is 3. The molecule has 1 atom stereocenters. The third kappa shape index (κ3) is 5.22. The van der Waals surface area contributed by atoms with Crippen molar-refractivity contribution in [1.82, 2.24) is 4.90 Å². The molecule has 0 radical (unpaired) electrons. The van der Waals surface area contributed by atoms with E-state index in [2.05, 4.69) is 5.32 Å². The highest BCUT2D eigenvalue weighted by atomic mass is 32.2. The lowest BCUT2D eigenvalue weighted by atomic mass is 10.1. The number of rotatable bonds is 7. The monoisotopic (exact) mass is 364 g/mol. The first-order valence-electron chi connectivity index (χ1n) is 8.36. The van der Waals surface area contributed by atoms with Gasteiger partial charge in [0.05, 0.1) is 5.88 Å². The van der Waals surface area contributed by atoms with E-state index in [1.54, 1.807) is 16.7 Å². The summed E-state index contributed by atoms with van der Waals surface area (Å²) in [6.07, 6.45) is 1.35. The van der Waals surface area contributed by atoms with Crippen molar-refractivity contribution in [2.75, 3.05) is 16.9 Å². The van der Waals surface area contributed by atoms with Crippen molar-refractivity contribution in [2.45, 2.75) is 45.6 Å². The van der Waals surface area contributed by atoms with Gasteiger partial charge in [0, 0.05) is 24.3 Å². The zero-order valence-electron chi connectivity index (χ0n) is 14.6. The summed E-state index contributed by atoms with van der Waals surface area (Å²) in [4.78, 5) is 37.1. The summed E-state index contributed by atoms with van der Waals surface area (Å²) in [6, 6.07) is 5.27. The third-order valence-electron chi connectivity index (χ3n) is 4.40. The van der Waals surface area contributed by atoms with Crippen LogP contribution < -0.4 is 5.32 Å². The van der Waals surface area contributed by atoms with E-state index in [1.807, 2.05) is 32.0 Å². The van der Waals surface area contributed by atoms with Gasteiger partial charge in [-0.2, -0.15) is 0 Å². The van der Waals surface area contributed by atoms with Crippen molar-refractivity contribution in [1.29, 1.82) is 0 Å². The van der Waals surface area contributed by atoms with E-state index < -0.39 is 12.0 Å². The molecule has 1 aromatic carbocycles. The number of carbonyl (C=O) groups excluding carboxylic acids is 2. The largest absolute Gasteiger partial charge is 0.481 e. The Bertz CT molecular complexity index is 662. The summed E-state index contributed by atoms with van der Waals surface area (Å²) in [5, 5.41) is 11.6. The van der Waals surface area contributed by atoms with Gasteiger partial charge in [-0.15, -0.1) is 11.8 Å². The smallest absolute Gasteiger partial charge is 0.303 e. The minimum Gasteiger partial charge on any atom is -0.481 e. The third-order valence-corrected chi connectivity index (χ3v) is 5.41. The van der Waals surface area contributed by atoms with Crippen molar-refractivity contribution < 1.29 is 19.5 Å². The maximum absolute atomic E-state index is 12.6. The summed E-state index contributed by atoms with van der Waals surface area (Å²) in [5.74, 6) is -0.0238. The Morgan fingerprint density at radius 3 is 2.68 bits per heavy atom. The minimum absolute atomic E-state index is 0.0680.